The molecule has 0 radical (unpaired) electrons. The third-order valence-corrected chi connectivity index (χ3v) is 5.32. The molecule has 1 fully saturated rings. The molecule has 1 saturated heterocycles. The van der Waals surface area contributed by atoms with Crippen LogP contribution < -0.4 is 4.74 Å². The van der Waals surface area contributed by atoms with Gasteiger partial charge in [0.15, 0.2) is 5.17 Å². The van der Waals surface area contributed by atoms with Crippen LogP contribution >= 0.6 is 11.8 Å². The minimum Gasteiger partial charge on any atom is -0.458 e. The van der Waals surface area contributed by atoms with E-state index in [0.29, 0.717) is 27.8 Å². The molecule has 7 nitrogen and oxygen atoms in total. The Morgan fingerprint density at radius 1 is 1.32 bits per heavy atom. The van der Waals surface area contributed by atoms with Gasteiger partial charge in [0.2, 0.25) is 5.91 Å². The Kier molecular flexibility index (Phi) is 5.69. The molecule has 0 spiro atoms. The number of nitrogens with zero attached hydrogens (tertiary/aromatic N) is 2. The molecule has 2 aliphatic rings. The van der Waals surface area contributed by atoms with Crippen molar-refractivity contribution in [1.29, 1.82) is 0 Å². The van der Waals surface area contributed by atoms with E-state index in [1.54, 1.807) is 38.1 Å². The van der Waals surface area contributed by atoms with Crippen molar-refractivity contribution >= 4 is 34.8 Å². The van der Waals surface area contributed by atoms with E-state index in [4.69, 9.17) is 9.47 Å². The molecule has 28 heavy (non-hydrogen) atoms. The third kappa shape index (κ3) is 3.73. The van der Waals surface area contributed by atoms with Gasteiger partial charge in [-0.15, -0.1) is 0 Å². The van der Waals surface area contributed by atoms with E-state index < -0.39 is 18.0 Å². The number of allylic oxidation sites excluding steroid dienone is 1. The van der Waals surface area contributed by atoms with Crippen molar-refractivity contribution in [2.45, 2.75) is 32.1 Å². The van der Waals surface area contributed by atoms with Gasteiger partial charge in [-0.2, -0.15) is 0 Å². The molecule has 1 aromatic rings. The fourth-order valence-corrected chi connectivity index (χ4v) is 4.10. The van der Waals surface area contributed by atoms with E-state index in [9.17, 15) is 14.4 Å². The zero-order valence-electron chi connectivity index (χ0n) is 15.8. The largest absolute Gasteiger partial charge is 0.458 e. The second-order valence-electron chi connectivity index (χ2n) is 6.31. The van der Waals surface area contributed by atoms with Gasteiger partial charge in [-0.05, 0) is 31.5 Å². The first-order valence-electron chi connectivity index (χ1n) is 8.69. The van der Waals surface area contributed by atoms with Crippen LogP contribution in [-0.4, -0.2) is 39.8 Å². The minimum atomic E-state index is -0.666. The number of fused-ring (bicyclic) bond motifs is 1. The van der Waals surface area contributed by atoms with Crippen molar-refractivity contribution in [2.24, 2.45) is 4.99 Å². The van der Waals surface area contributed by atoms with Crippen LogP contribution in [0.15, 0.2) is 53.2 Å². The van der Waals surface area contributed by atoms with Gasteiger partial charge in [-0.3, -0.25) is 14.5 Å². The van der Waals surface area contributed by atoms with E-state index >= 15 is 0 Å². The maximum absolute atomic E-state index is 12.8. The molecular weight excluding hydrogens is 380 g/mol. The number of rotatable bonds is 5. The maximum Gasteiger partial charge on any atom is 0.338 e. The zero-order chi connectivity index (χ0) is 20.4. The van der Waals surface area contributed by atoms with Gasteiger partial charge >= 0.3 is 11.9 Å². The summed E-state index contributed by atoms with van der Waals surface area (Å²) in [5.74, 6) is -0.719. The number of hydrogen-bond acceptors (Lipinski definition) is 7. The van der Waals surface area contributed by atoms with E-state index in [0.717, 1.165) is 0 Å². The standard InChI is InChI=1S/C20H20N2O5S/c1-5-10-26-19(25)16-11(2)21-20-22(18(24)12(3)28-20)17(16)14-6-8-15(9-7-14)27-13(4)23/h5-9,12,17H,1,10H2,2-4H3. The Morgan fingerprint density at radius 2 is 2.00 bits per heavy atom. The van der Waals surface area contributed by atoms with Gasteiger partial charge in [-0.1, -0.05) is 36.5 Å². The second-order valence-corrected chi connectivity index (χ2v) is 7.62. The lowest BCUT2D eigenvalue weighted by Crippen LogP contribution is -2.40. The normalized spacial score (nSPS) is 21.2. The van der Waals surface area contributed by atoms with Gasteiger partial charge in [0.1, 0.15) is 12.4 Å². The molecule has 2 unspecified atom stereocenters. The summed E-state index contributed by atoms with van der Waals surface area (Å²) in [4.78, 5) is 42.7. The van der Waals surface area contributed by atoms with Crippen molar-refractivity contribution < 1.29 is 23.9 Å². The average molecular weight is 400 g/mol. The number of amides is 1. The maximum atomic E-state index is 12.8. The zero-order valence-corrected chi connectivity index (χ0v) is 16.6. The Bertz CT molecular complexity index is 904. The molecular formula is C20H20N2O5S. The number of ether oxygens (including phenoxy) is 2. The molecule has 2 heterocycles. The van der Waals surface area contributed by atoms with Gasteiger partial charge in [0, 0.05) is 6.92 Å². The van der Waals surface area contributed by atoms with Gasteiger partial charge in [0.25, 0.3) is 0 Å². The molecule has 146 valence electrons. The van der Waals surface area contributed by atoms with Crippen molar-refractivity contribution in [3.63, 3.8) is 0 Å². The Labute approximate surface area is 167 Å². The van der Waals surface area contributed by atoms with Crippen LogP contribution in [0.3, 0.4) is 0 Å². The molecule has 1 amide bonds. The predicted molar refractivity (Wildman–Crippen MR) is 106 cm³/mol. The van der Waals surface area contributed by atoms with Crippen LogP contribution in [0.4, 0.5) is 0 Å². The quantitative estimate of drug-likeness (QED) is 0.429. The molecule has 0 aliphatic carbocycles. The van der Waals surface area contributed by atoms with E-state index in [2.05, 4.69) is 11.6 Å². The summed E-state index contributed by atoms with van der Waals surface area (Å²) in [6, 6.07) is 6.03. The number of hydrogen-bond donors (Lipinski definition) is 0. The number of benzene rings is 1. The topological polar surface area (TPSA) is 85.3 Å². The van der Waals surface area contributed by atoms with Gasteiger partial charge in [0.05, 0.1) is 22.6 Å². The monoisotopic (exact) mass is 400 g/mol. The molecule has 0 N–H and O–H groups in total. The molecule has 0 bridgehead atoms. The summed E-state index contributed by atoms with van der Waals surface area (Å²) in [6.07, 6.45) is 1.48. The summed E-state index contributed by atoms with van der Waals surface area (Å²) in [5.41, 5.74) is 1.49. The number of carbonyl (C=O) groups is 3. The summed E-state index contributed by atoms with van der Waals surface area (Å²) in [7, 11) is 0. The van der Waals surface area contributed by atoms with Crippen LogP contribution in [0.2, 0.25) is 0 Å². The fraction of sp³-hybridized carbons (Fsp3) is 0.300. The Morgan fingerprint density at radius 3 is 2.61 bits per heavy atom. The fourth-order valence-electron chi connectivity index (χ4n) is 3.08. The van der Waals surface area contributed by atoms with Crippen molar-refractivity contribution in [1.82, 2.24) is 4.90 Å². The highest BCUT2D eigenvalue weighted by Crippen LogP contribution is 2.43. The van der Waals surface area contributed by atoms with E-state index in [-0.39, 0.29) is 17.8 Å². The first-order chi connectivity index (χ1) is 13.3. The summed E-state index contributed by atoms with van der Waals surface area (Å²) >= 11 is 1.36. The highest BCUT2D eigenvalue weighted by atomic mass is 32.2. The van der Waals surface area contributed by atoms with E-state index in [1.807, 2.05) is 0 Å². The molecule has 8 heteroatoms. The first kappa shape index (κ1) is 19.9. The van der Waals surface area contributed by atoms with E-state index in [1.165, 1.54) is 29.7 Å². The smallest absolute Gasteiger partial charge is 0.338 e. The molecule has 3 rings (SSSR count). The predicted octanol–water partition coefficient (Wildman–Crippen LogP) is 2.99. The third-order valence-electron chi connectivity index (χ3n) is 4.27. The molecule has 0 aromatic heterocycles. The lowest BCUT2D eigenvalue weighted by Gasteiger charge is -2.33. The van der Waals surface area contributed by atoms with Crippen LogP contribution in [-0.2, 0) is 19.1 Å². The summed E-state index contributed by atoms with van der Waals surface area (Å²) in [6.45, 7) is 8.46. The number of carbonyl (C=O) groups excluding carboxylic acids is 3. The Hall–Kier alpha value is -2.87. The number of thioether (sulfide) groups is 1. The van der Waals surface area contributed by atoms with Crippen molar-refractivity contribution in [2.75, 3.05) is 6.61 Å². The number of amidine groups is 1. The van der Waals surface area contributed by atoms with Gasteiger partial charge in [-0.25, -0.2) is 9.79 Å². The highest BCUT2D eigenvalue weighted by molar-refractivity contribution is 8.15. The lowest BCUT2D eigenvalue weighted by atomic mass is 9.94. The molecule has 1 aromatic carbocycles. The SMILES string of the molecule is C=CCOC(=O)C1=C(C)N=C2SC(C)C(=O)N2C1c1ccc(OC(C)=O)cc1. The number of aliphatic imine (C=N–C) groups is 1. The van der Waals surface area contributed by atoms with Crippen LogP contribution in [0, 0.1) is 0 Å². The van der Waals surface area contributed by atoms with Crippen LogP contribution in [0.25, 0.3) is 0 Å². The van der Waals surface area contributed by atoms with Crippen LogP contribution in [0.5, 0.6) is 5.75 Å². The van der Waals surface area contributed by atoms with Gasteiger partial charge < -0.3 is 9.47 Å². The molecule has 2 aliphatic heterocycles. The van der Waals surface area contributed by atoms with Crippen LogP contribution in [0.1, 0.15) is 32.4 Å². The first-order valence-corrected chi connectivity index (χ1v) is 9.57. The van der Waals surface area contributed by atoms with Crippen molar-refractivity contribution in [3.05, 3.63) is 53.8 Å². The van der Waals surface area contributed by atoms with Crippen molar-refractivity contribution in [3.8, 4) is 5.75 Å². The second kappa shape index (κ2) is 8.02. The lowest BCUT2D eigenvalue weighted by molar-refractivity contribution is -0.139. The number of esters is 2. The summed E-state index contributed by atoms with van der Waals surface area (Å²) in [5, 5.41) is 0.266. The molecule has 0 saturated carbocycles. The summed E-state index contributed by atoms with van der Waals surface area (Å²) < 4.78 is 10.3. The minimum absolute atomic E-state index is 0.0589. The highest BCUT2D eigenvalue weighted by Gasteiger charge is 2.46. The molecule has 2 atom stereocenters. The average Bonchev–Trinajstić information content (AvgIpc) is 2.92. The Balaban J connectivity index is 2.05.